The molecule has 7 heteroatoms. The van der Waals surface area contributed by atoms with Gasteiger partial charge in [-0.15, -0.1) is 0 Å². The number of pyridine rings is 1. The van der Waals surface area contributed by atoms with Gasteiger partial charge in [0.1, 0.15) is 11.9 Å². The van der Waals surface area contributed by atoms with Crippen molar-refractivity contribution < 1.29 is 4.79 Å². The van der Waals surface area contributed by atoms with Crippen molar-refractivity contribution in [1.82, 2.24) is 10.3 Å². The highest BCUT2D eigenvalue weighted by Gasteiger charge is 2.47. The fourth-order valence-electron chi connectivity index (χ4n) is 5.62. The van der Waals surface area contributed by atoms with E-state index < -0.39 is 0 Å². The van der Waals surface area contributed by atoms with Crippen molar-refractivity contribution in [2.45, 2.75) is 51.7 Å². The molecule has 172 valence electrons. The number of hydrogen-bond acceptors (Lipinski definition) is 6. The molecule has 0 radical (unpaired) electrons. The van der Waals surface area contributed by atoms with E-state index in [1.165, 1.54) is 18.5 Å². The van der Waals surface area contributed by atoms with Crippen molar-refractivity contribution in [3.8, 4) is 6.07 Å². The van der Waals surface area contributed by atoms with Crippen LogP contribution in [0.1, 0.15) is 50.8 Å². The number of rotatable bonds is 4. The second kappa shape index (κ2) is 8.68. The molecule has 2 fully saturated rings. The van der Waals surface area contributed by atoms with Gasteiger partial charge in [-0.2, -0.15) is 5.26 Å². The maximum atomic E-state index is 12.9. The van der Waals surface area contributed by atoms with Gasteiger partial charge < -0.3 is 20.4 Å². The number of nitrogens with one attached hydrogen (secondary N) is 2. The van der Waals surface area contributed by atoms with Gasteiger partial charge in [0, 0.05) is 67.7 Å². The van der Waals surface area contributed by atoms with Gasteiger partial charge in [0.25, 0.3) is 0 Å². The Kier molecular flexibility index (Phi) is 5.71. The first-order chi connectivity index (χ1) is 16.0. The summed E-state index contributed by atoms with van der Waals surface area (Å²) < 4.78 is 0. The topological polar surface area (TPSA) is 84.3 Å². The van der Waals surface area contributed by atoms with Crippen LogP contribution in [0.2, 0.25) is 0 Å². The number of hydrogen-bond donors (Lipinski definition) is 2. The Morgan fingerprint density at radius 3 is 2.70 bits per heavy atom. The molecule has 1 aromatic heterocycles. The lowest BCUT2D eigenvalue weighted by molar-refractivity contribution is -0.117. The summed E-state index contributed by atoms with van der Waals surface area (Å²) >= 11 is 0. The third-order valence-electron chi connectivity index (χ3n) is 7.34. The fraction of sp³-hybridized carbons (Fsp3) is 0.500. The number of benzene rings is 1. The van der Waals surface area contributed by atoms with E-state index >= 15 is 0 Å². The molecular weight excluding hydrogens is 412 g/mol. The van der Waals surface area contributed by atoms with Crippen LogP contribution in [-0.4, -0.2) is 42.6 Å². The van der Waals surface area contributed by atoms with Crippen molar-refractivity contribution in [2.75, 3.05) is 34.8 Å². The molecule has 3 aliphatic rings. The molecule has 2 aliphatic heterocycles. The fourth-order valence-corrected chi connectivity index (χ4v) is 5.62. The molecule has 4 atom stereocenters. The molecule has 33 heavy (non-hydrogen) atoms. The summed E-state index contributed by atoms with van der Waals surface area (Å²) in [4.78, 5) is 21.8. The van der Waals surface area contributed by atoms with Gasteiger partial charge in [-0.1, -0.05) is 6.92 Å². The molecule has 0 bridgehead atoms. The van der Waals surface area contributed by atoms with Crippen LogP contribution in [0, 0.1) is 23.2 Å². The third-order valence-corrected chi connectivity index (χ3v) is 7.34. The summed E-state index contributed by atoms with van der Waals surface area (Å²) in [6.45, 7) is 9.05. The first-order valence-corrected chi connectivity index (χ1v) is 12.0. The number of anilines is 3. The Balaban J connectivity index is 1.56. The quantitative estimate of drug-likeness (QED) is 0.748. The van der Waals surface area contributed by atoms with E-state index in [2.05, 4.69) is 58.6 Å². The number of carbonyl (C=O) groups excluding carboxylic acids is 1. The van der Waals surface area contributed by atoms with Gasteiger partial charge in [0.15, 0.2) is 0 Å². The summed E-state index contributed by atoms with van der Waals surface area (Å²) in [7, 11) is 0. The van der Waals surface area contributed by atoms with Crippen LogP contribution in [0.15, 0.2) is 36.5 Å². The first kappa shape index (κ1) is 21.7. The van der Waals surface area contributed by atoms with E-state index in [-0.39, 0.29) is 23.9 Å². The van der Waals surface area contributed by atoms with E-state index in [1.807, 2.05) is 11.0 Å². The monoisotopic (exact) mass is 444 g/mol. The molecule has 1 saturated heterocycles. The van der Waals surface area contributed by atoms with Gasteiger partial charge in [0.05, 0.1) is 11.6 Å². The molecule has 2 aromatic rings. The van der Waals surface area contributed by atoms with Crippen LogP contribution < -0.4 is 20.4 Å². The molecule has 7 nitrogen and oxygen atoms in total. The number of amides is 1. The van der Waals surface area contributed by atoms with E-state index in [0.29, 0.717) is 17.5 Å². The van der Waals surface area contributed by atoms with E-state index in [0.717, 1.165) is 36.7 Å². The molecule has 1 aliphatic carbocycles. The summed E-state index contributed by atoms with van der Waals surface area (Å²) in [6, 6.07) is 13.0. The van der Waals surface area contributed by atoms with Crippen LogP contribution in [0.5, 0.6) is 0 Å². The van der Waals surface area contributed by atoms with Crippen molar-refractivity contribution >= 4 is 23.1 Å². The Bertz CT molecular complexity index is 1070. The molecule has 2 N–H and O–H groups in total. The lowest BCUT2D eigenvalue weighted by atomic mass is 9.79. The zero-order valence-electron chi connectivity index (χ0n) is 19.6. The summed E-state index contributed by atoms with van der Waals surface area (Å²) in [6.07, 6.45) is 3.95. The first-order valence-electron chi connectivity index (χ1n) is 12.0. The normalized spacial score (nSPS) is 27.0. The van der Waals surface area contributed by atoms with Crippen molar-refractivity contribution in [3.05, 3.63) is 47.7 Å². The Labute approximate surface area is 195 Å². The zero-order valence-corrected chi connectivity index (χ0v) is 19.6. The van der Waals surface area contributed by atoms with E-state index in [1.54, 1.807) is 19.2 Å². The predicted molar refractivity (Wildman–Crippen MR) is 130 cm³/mol. The van der Waals surface area contributed by atoms with Crippen molar-refractivity contribution in [1.29, 1.82) is 5.26 Å². The minimum absolute atomic E-state index is 0.0296. The highest BCUT2D eigenvalue weighted by molar-refractivity contribution is 5.94. The van der Waals surface area contributed by atoms with Crippen LogP contribution in [0.25, 0.3) is 0 Å². The molecule has 1 amide bonds. The van der Waals surface area contributed by atoms with Crippen LogP contribution >= 0.6 is 0 Å². The Morgan fingerprint density at radius 1 is 1.24 bits per heavy atom. The summed E-state index contributed by atoms with van der Waals surface area (Å²) in [5, 5.41) is 16.3. The minimum Gasteiger partial charge on any atom is -0.369 e. The molecule has 1 aromatic carbocycles. The number of piperazine rings is 1. The number of carbonyl (C=O) groups is 1. The maximum Gasteiger partial charge on any atom is 0.224 e. The van der Waals surface area contributed by atoms with Gasteiger partial charge in [-0.25, -0.2) is 4.98 Å². The standard InChI is InChI=1S/C26H32N6O/c1-16-15-31(11-10-28-16)21-7-8-23-22(12-21)25(30-24-9-4-19(13-27)14-29-24)17(2)26(20-5-6-20)32(23)18(3)33/h4,7-9,12,14,16-17,20,25-26,28H,5-6,10-11,15H2,1-3H3,(H,29,30)/t16-,17+,25+,26+/m0/s1. The SMILES string of the molecule is CC(=O)N1c2ccc(N3CCN[C@@H](C)C3)cc2[C@H](Nc2ccc(C#N)cn2)[C@@H](C)[C@@H]1C1CC1. The van der Waals surface area contributed by atoms with Gasteiger partial charge >= 0.3 is 0 Å². The molecule has 5 rings (SSSR count). The number of aromatic nitrogens is 1. The van der Waals surface area contributed by atoms with Crippen LogP contribution in [-0.2, 0) is 4.79 Å². The second-order valence-electron chi connectivity index (χ2n) is 9.79. The van der Waals surface area contributed by atoms with Crippen LogP contribution in [0.4, 0.5) is 17.2 Å². The van der Waals surface area contributed by atoms with E-state index in [9.17, 15) is 4.79 Å². The lowest BCUT2D eigenvalue weighted by Crippen LogP contribution is -2.51. The molecular formula is C26H32N6O. The second-order valence-corrected chi connectivity index (χ2v) is 9.79. The van der Waals surface area contributed by atoms with Gasteiger partial charge in [0.2, 0.25) is 5.91 Å². The van der Waals surface area contributed by atoms with Crippen LogP contribution in [0.3, 0.4) is 0 Å². The average Bonchev–Trinajstić information content (AvgIpc) is 3.65. The lowest BCUT2D eigenvalue weighted by Gasteiger charge is -2.46. The number of fused-ring (bicyclic) bond motifs is 1. The molecule has 0 unspecified atom stereocenters. The van der Waals surface area contributed by atoms with Gasteiger partial charge in [-0.3, -0.25) is 4.79 Å². The zero-order chi connectivity index (χ0) is 23.1. The van der Waals surface area contributed by atoms with Crippen molar-refractivity contribution in [3.63, 3.8) is 0 Å². The number of nitrogens with zero attached hydrogens (tertiary/aromatic N) is 4. The third kappa shape index (κ3) is 4.16. The molecule has 3 heterocycles. The Hall–Kier alpha value is -3.11. The van der Waals surface area contributed by atoms with E-state index in [4.69, 9.17) is 5.26 Å². The summed E-state index contributed by atoms with van der Waals surface area (Å²) in [5.41, 5.74) is 3.90. The molecule has 0 spiro atoms. The highest BCUT2D eigenvalue weighted by atomic mass is 16.2. The average molecular weight is 445 g/mol. The molecule has 1 saturated carbocycles. The summed E-state index contributed by atoms with van der Waals surface area (Å²) in [5.74, 6) is 1.63. The van der Waals surface area contributed by atoms with Crippen molar-refractivity contribution in [2.24, 2.45) is 11.8 Å². The number of nitriles is 1. The largest absolute Gasteiger partial charge is 0.369 e. The maximum absolute atomic E-state index is 12.9. The predicted octanol–water partition coefficient (Wildman–Crippen LogP) is 3.69. The highest BCUT2D eigenvalue weighted by Crippen LogP contribution is 2.50. The smallest absolute Gasteiger partial charge is 0.224 e. The Morgan fingerprint density at radius 2 is 2.06 bits per heavy atom. The minimum atomic E-state index is 0.0296. The van der Waals surface area contributed by atoms with Gasteiger partial charge in [-0.05, 0) is 56.0 Å².